The number of aliphatic hydroxyl groups excluding tert-OH is 1. The fraction of sp³-hybridized carbons (Fsp3) is 0.769. The Bertz CT molecular complexity index is 403. The molecule has 0 saturated carbocycles. The third-order valence-corrected chi connectivity index (χ3v) is 3.56. The van der Waals surface area contributed by atoms with Crippen LogP contribution in [0, 0.1) is 0 Å². The molecule has 0 spiro atoms. The van der Waals surface area contributed by atoms with Crippen molar-refractivity contribution in [3.8, 4) is 5.88 Å². The SMILES string of the molecule is CCc1nn(C)c(OC)c1CN1CCCC(O)C1. The molecule has 5 nitrogen and oxygen atoms in total. The van der Waals surface area contributed by atoms with E-state index in [-0.39, 0.29) is 6.10 Å². The number of hydrogen-bond acceptors (Lipinski definition) is 4. The van der Waals surface area contributed by atoms with E-state index in [2.05, 4.69) is 16.9 Å². The van der Waals surface area contributed by atoms with Gasteiger partial charge in [0, 0.05) is 20.1 Å². The Hall–Kier alpha value is -1.07. The van der Waals surface area contributed by atoms with Crippen LogP contribution in [0.5, 0.6) is 5.88 Å². The zero-order valence-electron chi connectivity index (χ0n) is 11.5. The Kier molecular flexibility index (Phi) is 4.24. The lowest BCUT2D eigenvalue weighted by atomic mass is 10.1. The Morgan fingerprint density at radius 2 is 2.28 bits per heavy atom. The van der Waals surface area contributed by atoms with E-state index in [1.54, 1.807) is 11.8 Å². The molecule has 1 saturated heterocycles. The van der Waals surface area contributed by atoms with E-state index in [1.807, 2.05) is 7.05 Å². The molecule has 1 aromatic heterocycles. The quantitative estimate of drug-likeness (QED) is 0.868. The van der Waals surface area contributed by atoms with Crippen LogP contribution in [0.4, 0.5) is 0 Å². The second-order valence-electron chi connectivity index (χ2n) is 4.94. The number of methoxy groups -OCH3 is 1. The van der Waals surface area contributed by atoms with Crippen LogP contribution in [0.2, 0.25) is 0 Å². The van der Waals surface area contributed by atoms with Crippen molar-refractivity contribution < 1.29 is 9.84 Å². The molecule has 0 radical (unpaired) electrons. The van der Waals surface area contributed by atoms with Crippen molar-refractivity contribution >= 4 is 0 Å². The normalized spacial score (nSPS) is 21.2. The molecule has 0 amide bonds. The maximum Gasteiger partial charge on any atom is 0.216 e. The van der Waals surface area contributed by atoms with Gasteiger partial charge in [0.2, 0.25) is 5.88 Å². The highest BCUT2D eigenvalue weighted by atomic mass is 16.5. The van der Waals surface area contributed by atoms with Gasteiger partial charge in [-0.25, -0.2) is 4.68 Å². The zero-order valence-corrected chi connectivity index (χ0v) is 11.5. The molecule has 1 atom stereocenters. The van der Waals surface area contributed by atoms with Gasteiger partial charge < -0.3 is 9.84 Å². The van der Waals surface area contributed by atoms with Crippen LogP contribution in [0.3, 0.4) is 0 Å². The van der Waals surface area contributed by atoms with E-state index in [1.165, 1.54) is 0 Å². The van der Waals surface area contributed by atoms with Crippen molar-refractivity contribution in [2.24, 2.45) is 7.05 Å². The van der Waals surface area contributed by atoms with Gasteiger partial charge in [-0.2, -0.15) is 5.10 Å². The summed E-state index contributed by atoms with van der Waals surface area (Å²) >= 11 is 0. The highest BCUT2D eigenvalue weighted by molar-refractivity contribution is 5.31. The molecule has 2 heterocycles. The smallest absolute Gasteiger partial charge is 0.216 e. The molecule has 5 heteroatoms. The van der Waals surface area contributed by atoms with E-state index < -0.39 is 0 Å². The van der Waals surface area contributed by atoms with Gasteiger partial charge in [0.1, 0.15) is 0 Å². The molecule has 1 aliphatic heterocycles. The molecule has 18 heavy (non-hydrogen) atoms. The summed E-state index contributed by atoms with van der Waals surface area (Å²) in [5.74, 6) is 0.840. The number of hydrogen-bond donors (Lipinski definition) is 1. The Balaban J connectivity index is 2.16. The first-order valence-electron chi connectivity index (χ1n) is 6.64. The molecular formula is C13H23N3O2. The lowest BCUT2D eigenvalue weighted by Gasteiger charge is -2.30. The van der Waals surface area contributed by atoms with Crippen LogP contribution in [0.1, 0.15) is 31.0 Å². The summed E-state index contributed by atoms with van der Waals surface area (Å²) in [7, 11) is 3.59. The number of rotatable bonds is 4. The summed E-state index contributed by atoms with van der Waals surface area (Å²) in [6.07, 6.45) is 2.70. The second-order valence-corrected chi connectivity index (χ2v) is 4.94. The predicted octanol–water partition coefficient (Wildman–Crippen LogP) is 0.948. The van der Waals surface area contributed by atoms with Crippen LogP contribution in [0.15, 0.2) is 0 Å². The number of piperidine rings is 1. The number of aliphatic hydroxyl groups is 1. The number of likely N-dealkylation sites (tertiary alicyclic amines) is 1. The molecular weight excluding hydrogens is 230 g/mol. The van der Waals surface area contributed by atoms with E-state index >= 15 is 0 Å². The Morgan fingerprint density at radius 3 is 2.89 bits per heavy atom. The summed E-state index contributed by atoms with van der Waals surface area (Å²) in [6, 6.07) is 0. The lowest BCUT2D eigenvalue weighted by molar-refractivity contribution is 0.0662. The predicted molar refractivity (Wildman–Crippen MR) is 69.7 cm³/mol. The molecule has 2 rings (SSSR count). The largest absolute Gasteiger partial charge is 0.481 e. The van der Waals surface area contributed by atoms with Crippen LogP contribution < -0.4 is 4.74 Å². The fourth-order valence-corrected chi connectivity index (χ4v) is 2.70. The van der Waals surface area contributed by atoms with Crippen LogP contribution in [-0.4, -0.2) is 46.1 Å². The van der Waals surface area contributed by atoms with E-state index in [9.17, 15) is 5.11 Å². The molecule has 1 aliphatic rings. The van der Waals surface area contributed by atoms with Gasteiger partial charge in [-0.1, -0.05) is 6.92 Å². The third-order valence-electron chi connectivity index (χ3n) is 3.56. The molecule has 1 N–H and O–H groups in total. The van der Waals surface area contributed by atoms with Gasteiger partial charge in [0.25, 0.3) is 0 Å². The highest BCUT2D eigenvalue weighted by Gasteiger charge is 2.22. The van der Waals surface area contributed by atoms with Gasteiger partial charge in [0.05, 0.1) is 24.5 Å². The molecule has 0 bridgehead atoms. The van der Waals surface area contributed by atoms with Gasteiger partial charge >= 0.3 is 0 Å². The number of ether oxygens (including phenoxy) is 1. The van der Waals surface area contributed by atoms with Crippen molar-refractivity contribution in [2.45, 2.75) is 38.8 Å². The minimum absolute atomic E-state index is 0.188. The van der Waals surface area contributed by atoms with Crippen LogP contribution in [-0.2, 0) is 20.0 Å². The Morgan fingerprint density at radius 1 is 1.50 bits per heavy atom. The van der Waals surface area contributed by atoms with Crippen molar-refractivity contribution in [1.82, 2.24) is 14.7 Å². The van der Waals surface area contributed by atoms with E-state index in [4.69, 9.17) is 4.74 Å². The molecule has 1 unspecified atom stereocenters. The van der Waals surface area contributed by atoms with Crippen molar-refractivity contribution in [2.75, 3.05) is 20.2 Å². The Labute approximate surface area is 108 Å². The average molecular weight is 253 g/mol. The molecule has 1 fully saturated rings. The van der Waals surface area contributed by atoms with Gasteiger partial charge in [0.15, 0.2) is 0 Å². The first-order valence-corrected chi connectivity index (χ1v) is 6.64. The average Bonchev–Trinajstić information content (AvgIpc) is 2.65. The van der Waals surface area contributed by atoms with E-state index in [0.29, 0.717) is 0 Å². The number of nitrogens with zero attached hydrogens (tertiary/aromatic N) is 3. The summed E-state index contributed by atoms with van der Waals surface area (Å²) < 4.78 is 7.24. The topological polar surface area (TPSA) is 50.5 Å². The monoisotopic (exact) mass is 253 g/mol. The second kappa shape index (κ2) is 5.71. The van der Waals surface area contributed by atoms with Crippen LogP contribution in [0.25, 0.3) is 0 Å². The van der Waals surface area contributed by atoms with Crippen molar-refractivity contribution in [3.63, 3.8) is 0 Å². The number of aryl methyl sites for hydroxylation is 2. The van der Waals surface area contributed by atoms with Crippen molar-refractivity contribution in [3.05, 3.63) is 11.3 Å². The maximum atomic E-state index is 9.72. The molecule has 1 aromatic rings. The lowest BCUT2D eigenvalue weighted by Crippen LogP contribution is -2.37. The van der Waals surface area contributed by atoms with Gasteiger partial charge in [-0.15, -0.1) is 0 Å². The minimum Gasteiger partial charge on any atom is -0.481 e. The number of aromatic nitrogens is 2. The standard InChI is InChI=1S/C13H23N3O2/c1-4-12-11(13(18-3)15(2)14-12)9-16-7-5-6-10(17)8-16/h10,17H,4-9H2,1-3H3. The first kappa shape index (κ1) is 13.4. The molecule has 102 valence electrons. The molecule has 0 aromatic carbocycles. The minimum atomic E-state index is -0.188. The summed E-state index contributed by atoms with van der Waals surface area (Å²) in [5.41, 5.74) is 2.26. The number of β-amino-alcohol motifs (C(OH)–C–C–N with tert-alkyl or cyclic N) is 1. The molecule has 0 aliphatic carbocycles. The van der Waals surface area contributed by atoms with E-state index in [0.717, 1.165) is 56.0 Å². The highest BCUT2D eigenvalue weighted by Crippen LogP contribution is 2.25. The first-order chi connectivity index (χ1) is 8.65. The third kappa shape index (κ3) is 2.67. The summed E-state index contributed by atoms with van der Waals surface area (Å²) in [6.45, 7) is 4.72. The van der Waals surface area contributed by atoms with Gasteiger partial charge in [-0.3, -0.25) is 4.90 Å². The summed E-state index contributed by atoms with van der Waals surface area (Å²) in [4.78, 5) is 2.28. The summed E-state index contributed by atoms with van der Waals surface area (Å²) in [5, 5.41) is 14.2. The fourth-order valence-electron chi connectivity index (χ4n) is 2.70. The zero-order chi connectivity index (χ0) is 13.1. The van der Waals surface area contributed by atoms with Crippen molar-refractivity contribution in [1.29, 1.82) is 0 Å². The van der Waals surface area contributed by atoms with Gasteiger partial charge in [-0.05, 0) is 25.8 Å². The maximum absolute atomic E-state index is 9.72. The van der Waals surface area contributed by atoms with Crippen LogP contribution >= 0.6 is 0 Å².